The molecule has 8 nitrogen and oxygen atoms in total. The first kappa shape index (κ1) is 13.6. The molecule has 2 aromatic rings. The number of aromatic amines is 1. The number of hydrogen-bond donors (Lipinski definition) is 3. The van der Waals surface area contributed by atoms with Gasteiger partial charge in [-0.1, -0.05) is 0 Å². The van der Waals surface area contributed by atoms with Crippen LogP contribution in [-0.4, -0.2) is 45.5 Å². The number of anilines is 2. The number of nitrogens with two attached hydrogens (primary N) is 1. The zero-order valence-corrected chi connectivity index (χ0v) is 12.0. The molecule has 0 radical (unpaired) electrons. The van der Waals surface area contributed by atoms with Crippen molar-refractivity contribution in [1.82, 2.24) is 19.9 Å². The molecule has 8 heteroatoms. The number of carbonyl (C=O) groups is 1. The van der Waals surface area contributed by atoms with Crippen molar-refractivity contribution >= 4 is 28.8 Å². The number of nitrogens with one attached hydrogen (secondary N) is 2. The maximum absolute atomic E-state index is 11.4. The van der Waals surface area contributed by atoms with Gasteiger partial charge in [0.05, 0.1) is 12.2 Å². The maximum atomic E-state index is 11.4. The highest BCUT2D eigenvalue weighted by Crippen LogP contribution is 2.27. The fraction of sp³-hybridized carbons (Fsp3) is 0.538. The molecule has 112 valence electrons. The molecule has 4 N–H and O–H groups in total. The number of rotatable bonds is 4. The number of piperidine rings is 1. The highest BCUT2D eigenvalue weighted by Gasteiger charge is 2.26. The van der Waals surface area contributed by atoms with Crippen molar-refractivity contribution in [3.63, 3.8) is 0 Å². The number of fused-ring (bicyclic) bond motifs is 1. The average molecular weight is 289 g/mol. The maximum Gasteiger partial charge on any atom is 0.226 e. The lowest BCUT2D eigenvalue weighted by Gasteiger charge is -2.32. The van der Waals surface area contributed by atoms with Gasteiger partial charge in [-0.15, -0.1) is 0 Å². The summed E-state index contributed by atoms with van der Waals surface area (Å²) in [5, 5.41) is 3.11. The lowest BCUT2D eigenvalue weighted by Crippen LogP contribution is -2.41. The minimum absolute atomic E-state index is 0.130. The summed E-state index contributed by atoms with van der Waals surface area (Å²) in [6, 6.07) is 0. The van der Waals surface area contributed by atoms with Gasteiger partial charge >= 0.3 is 0 Å². The highest BCUT2D eigenvalue weighted by atomic mass is 16.1. The molecule has 21 heavy (non-hydrogen) atoms. The van der Waals surface area contributed by atoms with Gasteiger partial charge in [-0.3, -0.25) is 4.79 Å². The second-order valence-electron chi connectivity index (χ2n) is 5.19. The van der Waals surface area contributed by atoms with E-state index in [1.807, 2.05) is 6.92 Å². The van der Waals surface area contributed by atoms with E-state index >= 15 is 0 Å². The molecule has 1 saturated heterocycles. The van der Waals surface area contributed by atoms with Gasteiger partial charge in [-0.2, -0.15) is 9.97 Å². The van der Waals surface area contributed by atoms with Crippen molar-refractivity contribution in [3.8, 4) is 0 Å². The van der Waals surface area contributed by atoms with Crippen LogP contribution in [0.5, 0.6) is 0 Å². The SMILES string of the molecule is CCNc1nc(N2CCCC(C(N)=O)C2)c2[nH]cnc2n1. The van der Waals surface area contributed by atoms with Crippen molar-refractivity contribution in [2.45, 2.75) is 19.8 Å². The molecule has 0 bridgehead atoms. The van der Waals surface area contributed by atoms with Gasteiger partial charge in [0.25, 0.3) is 0 Å². The smallest absolute Gasteiger partial charge is 0.226 e. The number of H-pyrrole nitrogens is 1. The third kappa shape index (κ3) is 2.61. The third-order valence-corrected chi connectivity index (χ3v) is 3.72. The lowest BCUT2D eigenvalue weighted by molar-refractivity contribution is -0.122. The van der Waals surface area contributed by atoms with Crippen LogP contribution in [0.4, 0.5) is 11.8 Å². The van der Waals surface area contributed by atoms with Crippen LogP contribution < -0.4 is 16.0 Å². The molecule has 1 atom stereocenters. The summed E-state index contributed by atoms with van der Waals surface area (Å²) in [4.78, 5) is 29.7. The minimum Gasteiger partial charge on any atom is -0.369 e. The first-order valence-electron chi connectivity index (χ1n) is 7.18. The topological polar surface area (TPSA) is 113 Å². The summed E-state index contributed by atoms with van der Waals surface area (Å²) in [5.41, 5.74) is 6.86. The molecule has 0 aromatic carbocycles. The molecule has 0 spiro atoms. The summed E-state index contributed by atoms with van der Waals surface area (Å²) >= 11 is 0. The summed E-state index contributed by atoms with van der Waals surface area (Å²) in [5.74, 6) is 0.948. The van der Waals surface area contributed by atoms with Crippen LogP contribution in [-0.2, 0) is 4.79 Å². The Morgan fingerprint density at radius 3 is 3.19 bits per heavy atom. The molecule has 1 aliphatic heterocycles. The summed E-state index contributed by atoms with van der Waals surface area (Å²) in [6.45, 7) is 4.16. The van der Waals surface area contributed by atoms with Gasteiger partial charge in [0.1, 0.15) is 5.52 Å². The van der Waals surface area contributed by atoms with E-state index in [1.165, 1.54) is 0 Å². The first-order chi connectivity index (χ1) is 10.2. The molecule has 1 fully saturated rings. The third-order valence-electron chi connectivity index (χ3n) is 3.72. The predicted molar refractivity (Wildman–Crippen MR) is 80.0 cm³/mol. The minimum atomic E-state index is -0.249. The molecule has 2 aromatic heterocycles. The Morgan fingerprint density at radius 2 is 2.43 bits per heavy atom. The summed E-state index contributed by atoms with van der Waals surface area (Å²) in [6.07, 6.45) is 3.36. The molecule has 1 aliphatic rings. The second-order valence-corrected chi connectivity index (χ2v) is 5.19. The van der Waals surface area contributed by atoms with Crippen molar-refractivity contribution in [2.24, 2.45) is 11.7 Å². The molecule has 1 unspecified atom stereocenters. The van der Waals surface area contributed by atoms with E-state index in [4.69, 9.17) is 5.73 Å². The van der Waals surface area contributed by atoms with E-state index in [0.717, 1.165) is 37.3 Å². The average Bonchev–Trinajstić information content (AvgIpc) is 2.95. The van der Waals surface area contributed by atoms with Gasteiger partial charge < -0.3 is 20.9 Å². The number of hydrogen-bond acceptors (Lipinski definition) is 6. The Labute approximate surface area is 122 Å². The van der Waals surface area contributed by atoms with E-state index < -0.39 is 0 Å². The molecular weight excluding hydrogens is 270 g/mol. The number of nitrogens with zero attached hydrogens (tertiary/aromatic N) is 4. The normalized spacial score (nSPS) is 18.9. The van der Waals surface area contributed by atoms with Gasteiger partial charge in [0.15, 0.2) is 11.5 Å². The fourth-order valence-electron chi connectivity index (χ4n) is 2.69. The van der Waals surface area contributed by atoms with Crippen LogP contribution >= 0.6 is 0 Å². The Bertz CT molecular complexity index is 653. The molecule has 0 aliphatic carbocycles. The summed E-state index contributed by atoms with van der Waals surface area (Å²) < 4.78 is 0. The van der Waals surface area contributed by atoms with Crippen LogP contribution in [0.1, 0.15) is 19.8 Å². The van der Waals surface area contributed by atoms with Gasteiger partial charge in [-0.25, -0.2) is 4.98 Å². The molecule has 3 heterocycles. The second kappa shape index (κ2) is 5.55. The monoisotopic (exact) mass is 289 g/mol. The van der Waals surface area contributed by atoms with Gasteiger partial charge in [-0.05, 0) is 19.8 Å². The Hall–Kier alpha value is -2.38. The Balaban J connectivity index is 1.97. The van der Waals surface area contributed by atoms with Crippen LogP contribution in [0.3, 0.4) is 0 Å². The summed E-state index contributed by atoms with van der Waals surface area (Å²) in [7, 11) is 0. The number of carbonyl (C=O) groups excluding carboxylic acids is 1. The van der Waals surface area contributed by atoms with E-state index in [2.05, 4.69) is 30.2 Å². The molecule has 3 rings (SSSR count). The molecule has 0 saturated carbocycles. The highest BCUT2D eigenvalue weighted by molar-refractivity contribution is 5.85. The number of imidazole rings is 1. The quantitative estimate of drug-likeness (QED) is 0.755. The zero-order valence-electron chi connectivity index (χ0n) is 12.0. The number of aromatic nitrogens is 4. The fourth-order valence-corrected chi connectivity index (χ4v) is 2.69. The van der Waals surface area contributed by atoms with Crippen molar-refractivity contribution in [3.05, 3.63) is 6.33 Å². The van der Waals surface area contributed by atoms with Crippen LogP contribution in [0.25, 0.3) is 11.2 Å². The molecular formula is C13H19N7O. The first-order valence-corrected chi connectivity index (χ1v) is 7.18. The van der Waals surface area contributed by atoms with E-state index in [1.54, 1.807) is 6.33 Å². The van der Waals surface area contributed by atoms with Crippen molar-refractivity contribution in [1.29, 1.82) is 0 Å². The number of amides is 1. The van der Waals surface area contributed by atoms with Crippen molar-refractivity contribution in [2.75, 3.05) is 29.9 Å². The van der Waals surface area contributed by atoms with E-state index in [-0.39, 0.29) is 11.8 Å². The van der Waals surface area contributed by atoms with Gasteiger partial charge in [0.2, 0.25) is 11.9 Å². The van der Waals surface area contributed by atoms with Crippen molar-refractivity contribution < 1.29 is 4.79 Å². The number of primary amides is 1. The van der Waals surface area contributed by atoms with Crippen LogP contribution in [0.15, 0.2) is 6.33 Å². The molecule has 1 amide bonds. The predicted octanol–water partition coefficient (Wildman–Crippen LogP) is 0.486. The van der Waals surface area contributed by atoms with E-state index in [9.17, 15) is 4.79 Å². The van der Waals surface area contributed by atoms with Gasteiger partial charge in [0, 0.05) is 19.6 Å². The van der Waals surface area contributed by atoms with E-state index in [0.29, 0.717) is 18.1 Å². The Kier molecular flexibility index (Phi) is 3.59. The standard InChI is InChI=1S/C13H19N7O/c1-2-15-13-18-11-9(16-7-17-11)12(19-13)20-5-3-4-8(6-20)10(14)21/h7-8H,2-6H2,1H3,(H2,14,21)(H2,15,16,17,18,19). The van der Waals surface area contributed by atoms with Crippen LogP contribution in [0, 0.1) is 5.92 Å². The lowest BCUT2D eigenvalue weighted by atomic mass is 9.97. The zero-order chi connectivity index (χ0) is 14.8. The largest absolute Gasteiger partial charge is 0.369 e. The Morgan fingerprint density at radius 1 is 1.57 bits per heavy atom. The van der Waals surface area contributed by atoms with Crippen LogP contribution in [0.2, 0.25) is 0 Å².